The maximum Gasteiger partial charge on any atom is 0.274 e. The van der Waals surface area contributed by atoms with Crippen molar-refractivity contribution >= 4 is 45.0 Å². The molecule has 0 atom stereocenters. The van der Waals surface area contributed by atoms with Gasteiger partial charge in [0, 0.05) is 11.4 Å². The fourth-order valence-corrected chi connectivity index (χ4v) is 4.73. The summed E-state index contributed by atoms with van der Waals surface area (Å²) in [7, 11) is 1.60. The molecule has 0 saturated heterocycles. The minimum atomic E-state index is -0.0753. The number of hydrogen-bond acceptors (Lipinski definition) is 6. The Bertz CT molecular complexity index is 1560. The standard InChI is InChI=1S/C26H21ClN2O4S/c1-31-23-15-17(7-12-22(23)33-14-4-13-32-19-10-8-18(27)9-11-19)16-24-25(30)29-21-6-3-2-5-20(21)28-26(29)34-24/h2-3,5-12,15-16H,4,13-14H2,1H3/b24-16-. The quantitative estimate of drug-likeness (QED) is 0.286. The van der Waals surface area contributed by atoms with Crippen molar-refractivity contribution in [3.63, 3.8) is 0 Å². The van der Waals surface area contributed by atoms with E-state index in [2.05, 4.69) is 4.98 Å². The van der Waals surface area contributed by atoms with Crippen molar-refractivity contribution in [1.82, 2.24) is 9.38 Å². The van der Waals surface area contributed by atoms with Gasteiger partial charge in [0.25, 0.3) is 5.56 Å². The van der Waals surface area contributed by atoms with Crippen LogP contribution in [0.3, 0.4) is 0 Å². The topological polar surface area (TPSA) is 62.1 Å². The van der Waals surface area contributed by atoms with Gasteiger partial charge in [0.15, 0.2) is 16.5 Å². The van der Waals surface area contributed by atoms with Crippen LogP contribution in [-0.2, 0) is 0 Å². The van der Waals surface area contributed by atoms with E-state index in [9.17, 15) is 4.79 Å². The van der Waals surface area contributed by atoms with E-state index >= 15 is 0 Å². The van der Waals surface area contributed by atoms with Crippen molar-refractivity contribution in [3.8, 4) is 17.2 Å². The number of hydrogen-bond donors (Lipinski definition) is 0. The van der Waals surface area contributed by atoms with E-state index < -0.39 is 0 Å². The molecule has 6 nitrogen and oxygen atoms in total. The Morgan fingerprint density at radius 1 is 1.00 bits per heavy atom. The molecule has 0 aliphatic rings. The van der Waals surface area contributed by atoms with Crippen molar-refractivity contribution in [2.75, 3.05) is 20.3 Å². The zero-order valence-corrected chi connectivity index (χ0v) is 19.9. The zero-order valence-electron chi connectivity index (χ0n) is 18.4. The lowest BCUT2D eigenvalue weighted by molar-refractivity contribution is 0.240. The smallest absolute Gasteiger partial charge is 0.274 e. The largest absolute Gasteiger partial charge is 0.493 e. The average Bonchev–Trinajstić information content (AvgIpc) is 3.36. The van der Waals surface area contributed by atoms with E-state index in [1.807, 2.05) is 60.7 Å². The number of benzene rings is 3. The molecule has 0 aliphatic carbocycles. The van der Waals surface area contributed by atoms with Crippen molar-refractivity contribution in [3.05, 3.63) is 92.2 Å². The van der Waals surface area contributed by atoms with Crippen LogP contribution in [0.4, 0.5) is 0 Å². The summed E-state index contributed by atoms with van der Waals surface area (Å²) in [6, 6.07) is 20.5. The third kappa shape index (κ3) is 4.58. The first kappa shape index (κ1) is 22.3. The van der Waals surface area contributed by atoms with Crippen LogP contribution in [0, 0.1) is 0 Å². The molecular formula is C26H21ClN2O4S. The molecule has 0 fully saturated rings. The number of fused-ring (bicyclic) bond motifs is 3. The normalized spacial score (nSPS) is 11.9. The second-order valence-corrected chi connectivity index (χ2v) is 8.99. The molecule has 34 heavy (non-hydrogen) atoms. The zero-order chi connectivity index (χ0) is 23.5. The van der Waals surface area contributed by atoms with Gasteiger partial charge in [-0.3, -0.25) is 4.79 Å². The highest BCUT2D eigenvalue weighted by Crippen LogP contribution is 2.28. The Morgan fingerprint density at radius 3 is 2.62 bits per heavy atom. The number of methoxy groups -OCH3 is 1. The first-order chi connectivity index (χ1) is 16.6. The van der Waals surface area contributed by atoms with Crippen molar-refractivity contribution < 1.29 is 14.2 Å². The van der Waals surface area contributed by atoms with Crippen LogP contribution in [0.25, 0.3) is 22.1 Å². The van der Waals surface area contributed by atoms with Gasteiger partial charge in [0.05, 0.1) is 35.9 Å². The molecule has 2 heterocycles. The minimum Gasteiger partial charge on any atom is -0.493 e. The molecule has 5 rings (SSSR count). The van der Waals surface area contributed by atoms with Crippen LogP contribution in [-0.4, -0.2) is 29.7 Å². The van der Waals surface area contributed by atoms with Gasteiger partial charge in [-0.05, 0) is 60.2 Å². The Balaban J connectivity index is 1.28. The van der Waals surface area contributed by atoms with E-state index in [1.165, 1.54) is 11.3 Å². The summed E-state index contributed by atoms with van der Waals surface area (Å²) in [5.41, 5.74) is 2.41. The van der Waals surface area contributed by atoms with Gasteiger partial charge in [-0.25, -0.2) is 9.38 Å². The predicted molar refractivity (Wildman–Crippen MR) is 136 cm³/mol. The molecule has 0 aliphatic heterocycles. The van der Waals surface area contributed by atoms with Gasteiger partial charge in [-0.2, -0.15) is 0 Å². The van der Waals surface area contributed by atoms with E-state index in [0.717, 1.165) is 22.3 Å². The van der Waals surface area contributed by atoms with E-state index in [-0.39, 0.29) is 5.56 Å². The molecule has 0 unspecified atom stereocenters. The van der Waals surface area contributed by atoms with E-state index in [4.69, 9.17) is 25.8 Å². The summed E-state index contributed by atoms with van der Waals surface area (Å²) >= 11 is 7.25. The van der Waals surface area contributed by atoms with Crippen molar-refractivity contribution in [2.45, 2.75) is 6.42 Å². The van der Waals surface area contributed by atoms with E-state index in [1.54, 1.807) is 23.6 Å². The maximum atomic E-state index is 13.0. The lowest BCUT2D eigenvalue weighted by Crippen LogP contribution is -2.22. The lowest BCUT2D eigenvalue weighted by atomic mass is 10.2. The number of para-hydroxylation sites is 2. The molecule has 2 aromatic heterocycles. The van der Waals surface area contributed by atoms with Crippen molar-refractivity contribution in [2.24, 2.45) is 0 Å². The Kier molecular flexibility index (Phi) is 6.38. The van der Waals surface area contributed by atoms with Crippen LogP contribution in [0.5, 0.6) is 17.2 Å². The van der Waals surface area contributed by atoms with E-state index in [0.29, 0.717) is 45.6 Å². The molecule has 0 amide bonds. The number of halogens is 1. The highest BCUT2D eigenvalue weighted by atomic mass is 35.5. The molecule has 8 heteroatoms. The molecular weight excluding hydrogens is 472 g/mol. The highest BCUT2D eigenvalue weighted by molar-refractivity contribution is 7.15. The second-order valence-electron chi connectivity index (χ2n) is 7.55. The summed E-state index contributed by atoms with van der Waals surface area (Å²) in [5.74, 6) is 2.01. The summed E-state index contributed by atoms with van der Waals surface area (Å²) < 4.78 is 19.4. The first-order valence-corrected chi connectivity index (χ1v) is 11.9. The summed E-state index contributed by atoms with van der Waals surface area (Å²) in [5, 5.41) is 0.678. The van der Waals surface area contributed by atoms with Gasteiger partial charge in [0.2, 0.25) is 0 Å². The minimum absolute atomic E-state index is 0.0753. The van der Waals surface area contributed by atoms with Crippen LogP contribution in [0.15, 0.2) is 71.5 Å². The molecule has 0 N–H and O–H groups in total. The molecule has 3 aromatic carbocycles. The Hall–Kier alpha value is -3.55. The van der Waals surface area contributed by atoms with Gasteiger partial charge < -0.3 is 14.2 Å². The van der Waals surface area contributed by atoms with Crippen molar-refractivity contribution in [1.29, 1.82) is 0 Å². The molecule has 172 valence electrons. The fraction of sp³-hybridized carbons (Fsp3) is 0.154. The van der Waals surface area contributed by atoms with Crippen LogP contribution < -0.4 is 24.3 Å². The third-order valence-corrected chi connectivity index (χ3v) is 6.48. The number of nitrogens with zero attached hydrogens (tertiary/aromatic N) is 2. The number of aromatic nitrogens is 2. The molecule has 0 radical (unpaired) electrons. The van der Waals surface area contributed by atoms with Gasteiger partial charge >= 0.3 is 0 Å². The summed E-state index contributed by atoms with van der Waals surface area (Å²) in [6.07, 6.45) is 2.56. The lowest BCUT2D eigenvalue weighted by Gasteiger charge is -2.12. The average molecular weight is 493 g/mol. The molecule has 5 aromatic rings. The third-order valence-electron chi connectivity index (χ3n) is 5.26. The SMILES string of the molecule is COc1cc(/C=c2\sc3nc4ccccc4n3c2=O)ccc1OCCCOc1ccc(Cl)cc1. The second kappa shape index (κ2) is 9.75. The van der Waals surface area contributed by atoms with Gasteiger partial charge in [-0.15, -0.1) is 0 Å². The highest BCUT2D eigenvalue weighted by Gasteiger charge is 2.11. The number of ether oxygens (including phenoxy) is 3. The maximum absolute atomic E-state index is 13.0. The first-order valence-electron chi connectivity index (χ1n) is 10.7. The monoisotopic (exact) mass is 492 g/mol. The fourth-order valence-electron chi connectivity index (χ4n) is 3.62. The van der Waals surface area contributed by atoms with Gasteiger partial charge in [-0.1, -0.05) is 41.1 Å². The van der Waals surface area contributed by atoms with Crippen LogP contribution >= 0.6 is 22.9 Å². The molecule has 0 spiro atoms. The van der Waals surface area contributed by atoms with Gasteiger partial charge in [0.1, 0.15) is 5.75 Å². The summed E-state index contributed by atoms with van der Waals surface area (Å²) in [6.45, 7) is 1.00. The number of thiazole rings is 1. The van der Waals surface area contributed by atoms with Crippen LogP contribution in [0.1, 0.15) is 12.0 Å². The Labute approximate surface area is 204 Å². The predicted octanol–water partition coefficient (Wildman–Crippen LogP) is 4.97. The van der Waals surface area contributed by atoms with Crippen LogP contribution in [0.2, 0.25) is 5.02 Å². The molecule has 0 bridgehead atoms. The number of imidazole rings is 1. The molecule has 0 saturated carbocycles. The Morgan fingerprint density at radius 2 is 1.79 bits per heavy atom. The summed E-state index contributed by atoms with van der Waals surface area (Å²) in [4.78, 5) is 18.2. The number of rotatable bonds is 8.